The van der Waals surface area contributed by atoms with Crippen molar-refractivity contribution >= 4 is 28.2 Å². The summed E-state index contributed by atoms with van der Waals surface area (Å²) in [6.07, 6.45) is 4.46. The van der Waals surface area contributed by atoms with E-state index in [2.05, 4.69) is 41.3 Å². The van der Waals surface area contributed by atoms with Crippen LogP contribution in [0, 0.1) is 0 Å². The van der Waals surface area contributed by atoms with E-state index >= 15 is 0 Å². The Bertz CT molecular complexity index is 1430. The van der Waals surface area contributed by atoms with Crippen LogP contribution in [-0.2, 0) is 17.8 Å². The van der Waals surface area contributed by atoms with Crippen LogP contribution in [0.5, 0.6) is 11.8 Å². The number of phenolic OH excluding ortho intramolecular Hbond substituents is 1. The minimum atomic E-state index is -0.0325. The molecule has 0 aliphatic carbocycles. The van der Waals surface area contributed by atoms with Gasteiger partial charge in [-0.3, -0.25) is 4.79 Å². The second-order valence-electron chi connectivity index (χ2n) is 11.2. The van der Waals surface area contributed by atoms with Crippen molar-refractivity contribution in [2.45, 2.75) is 44.8 Å². The number of carbonyl (C=O) groups is 1. The summed E-state index contributed by atoms with van der Waals surface area (Å²) in [5.74, 6) is 1.14. The number of anilines is 2. The number of ether oxygens (including phenoxy) is 1. The average molecular weight is 543 g/mol. The number of carbonyl (C=O) groups excluding carboxylic acids is 1. The Labute approximate surface area is 235 Å². The highest BCUT2D eigenvalue weighted by atomic mass is 16.5. The summed E-state index contributed by atoms with van der Waals surface area (Å²) in [6, 6.07) is 12.7. The van der Waals surface area contributed by atoms with Crippen LogP contribution in [0.2, 0.25) is 0 Å². The van der Waals surface area contributed by atoms with Gasteiger partial charge in [-0.2, -0.15) is 9.97 Å². The number of benzene rings is 2. The maximum atomic E-state index is 12.3. The van der Waals surface area contributed by atoms with Gasteiger partial charge in [0.25, 0.3) is 0 Å². The van der Waals surface area contributed by atoms with Crippen molar-refractivity contribution in [2.75, 3.05) is 56.2 Å². The van der Waals surface area contributed by atoms with E-state index in [1.54, 1.807) is 6.07 Å². The predicted octanol–water partition coefficient (Wildman–Crippen LogP) is 3.59. The van der Waals surface area contributed by atoms with E-state index < -0.39 is 0 Å². The van der Waals surface area contributed by atoms with Gasteiger partial charge in [-0.25, -0.2) is 0 Å². The van der Waals surface area contributed by atoms with Crippen molar-refractivity contribution in [3.8, 4) is 11.8 Å². The zero-order valence-corrected chi connectivity index (χ0v) is 23.4. The summed E-state index contributed by atoms with van der Waals surface area (Å²) in [6.45, 7) is 10.8. The maximum absolute atomic E-state index is 12.3. The number of rotatable bonds is 6. The monoisotopic (exact) mass is 542 g/mol. The second-order valence-corrected chi connectivity index (χ2v) is 11.2. The van der Waals surface area contributed by atoms with Crippen LogP contribution in [-0.4, -0.2) is 89.2 Å². The van der Waals surface area contributed by atoms with Crippen LogP contribution in [0.3, 0.4) is 0 Å². The first kappa shape index (κ1) is 26.4. The molecule has 2 atom stereocenters. The zero-order chi connectivity index (χ0) is 27.8. The number of fused-ring (bicyclic) bond motifs is 2. The summed E-state index contributed by atoms with van der Waals surface area (Å²) < 4.78 is 6.27. The molecule has 2 saturated heterocycles. The minimum Gasteiger partial charge on any atom is -0.508 e. The summed E-state index contributed by atoms with van der Waals surface area (Å²) in [5, 5.41) is 12.6. The number of likely N-dealkylation sites (N-methyl/N-ethyl adjacent to an activating group) is 1. The highest BCUT2D eigenvalue weighted by Crippen LogP contribution is 2.37. The zero-order valence-electron chi connectivity index (χ0n) is 23.4. The Morgan fingerprint density at radius 3 is 2.80 bits per heavy atom. The molecule has 0 spiro atoms. The van der Waals surface area contributed by atoms with Gasteiger partial charge < -0.3 is 29.4 Å². The molecule has 210 valence electrons. The molecular weight excluding hydrogens is 504 g/mol. The SMILES string of the molecule is C=CC(=O)N1CCN(c2nc(OC[C@H]3CCCN3C)nc3c2CCN(c2cc(O)cc4ccccc24)C3)[C@@H](C)C1. The van der Waals surface area contributed by atoms with Gasteiger partial charge in [0.1, 0.15) is 18.2 Å². The average Bonchev–Trinajstić information content (AvgIpc) is 3.38. The molecule has 0 saturated carbocycles. The van der Waals surface area contributed by atoms with Gasteiger partial charge in [-0.05, 0) is 57.3 Å². The summed E-state index contributed by atoms with van der Waals surface area (Å²) in [5.41, 5.74) is 3.10. The lowest BCUT2D eigenvalue weighted by atomic mass is 10.0. The Morgan fingerprint density at radius 2 is 2.02 bits per heavy atom. The van der Waals surface area contributed by atoms with E-state index in [0.29, 0.717) is 44.8 Å². The highest BCUT2D eigenvalue weighted by Gasteiger charge is 2.32. The van der Waals surface area contributed by atoms with Crippen LogP contribution in [0.15, 0.2) is 49.1 Å². The quantitative estimate of drug-likeness (QED) is 0.473. The van der Waals surface area contributed by atoms with Crippen LogP contribution in [0.25, 0.3) is 10.8 Å². The van der Waals surface area contributed by atoms with Gasteiger partial charge >= 0.3 is 6.01 Å². The van der Waals surface area contributed by atoms with Crippen LogP contribution in [0.4, 0.5) is 11.5 Å². The third-order valence-electron chi connectivity index (χ3n) is 8.65. The number of hydrogen-bond acceptors (Lipinski definition) is 8. The molecule has 3 aliphatic rings. The van der Waals surface area contributed by atoms with Gasteiger partial charge in [0.05, 0.1) is 12.2 Å². The van der Waals surface area contributed by atoms with Crippen molar-refractivity contribution in [3.05, 3.63) is 60.3 Å². The smallest absolute Gasteiger partial charge is 0.318 e. The molecule has 6 rings (SSSR count). The molecule has 1 N–H and O–H groups in total. The molecular formula is C31H38N6O3. The fourth-order valence-corrected chi connectivity index (χ4v) is 6.39. The number of aromatic nitrogens is 2. The second kappa shape index (κ2) is 11.0. The van der Waals surface area contributed by atoms with E-state index in [9.17, 15) is 9.90 Å². The number of piperazine rings is 1. The number of amides is 1. The lowest BCUT2D eigenvalue weighted by Crippen LogP contribution is -2.54. The first-order valence-electron chi connectivity index (χ1n) is 14.3. The Balaban J connectivity index is 1.33. The van der Waals surface area contributed by atoms with Crippen molar-refractivity contribution < 1.29 is 14.6 Å². The molecule has 9 heteroatoms. The van der Waals surface area contributed by atoms with E-state index in [4.69, 9.17) is 14.7 Å². The molecule has 1 aromatic heterocycles. The molecule has 3 aromatic rings. The predicted molar refractivity (Wildman–Crippen MR) is 157 cm³/mol. The Morgan fingerprint density at radius 1 is 1.18 bits per heavy atom. The lowest BCUT2D eigenvalue weighted by molar-refractivity contribution is -0.126. The van der Waals surface area contributed by atoms with Gasteiger partial charge in [0.15, 0.2) is 0 Å². The van der Waals surface area contributed by atoms with E-state index in [0.717, 1.165) is 59.5 Å². The standard InChI is InChI=1S/C31H38N6O3/c1-4-29(39)36-14-15-37(21(2)18-36)30-26-11-13-35(28-17-24(38)16-22-8-5-6-10-25(22)28)19-27(26)32-31(33-30)40-20-23-9-7-12-34(23)3/h4-6,8,10,16-17,21,23,38H,1,7,9,11-15,18-20H2,2-3H3/t21-,23+/m0/s1. The first-order valence-corrected chi connectivity index (χ1v) is 14.3. The van der Waals surface area contributed by atoms with Crippen molar-refractivity contribution in [3.63, 3.8) is 0 Å². The molecule has 0 unspecified atom stereocenters. The fraction of sp³-hybridized carbons (Fsp3) is 0.452. The lowest BCUT2D eigenvalue weighted by Gasteiger charge is -2.42. The largest absolute Gasteiger partial charge is 0.508 e. The van der Waals surface area contributed by atoms with E-state index in [1.807, 2.05) is 29.2 Å². The van der Waals surface area contributed by atoms with Crippen molar-refractivity contribution in [1.29, 1.82) is 0 Å². The topological polar surface area (TPSA) is 85.3 Å². The van der Waals surface area contributed by atoms with Gasteiger partial charge in [0.2, 0.25) is 5.91 Å². The Hall–Kier alpha value is -3.85. The normalized spacial score (nSPS) is 21.5. The molecule has 1 amide bonds. The van der Waals surface area contributed by atoms with E-state index in [1.165, 1.54) is 12.5 Å². The summed E-state index contributed by atoms with van der Waals surface area (Å²) >= 11 is 0. The van der Waals surface area contributed by atoms with Crippen LogP contribution >= 0.6 is 0 Å². The van der Waals surface area contributed by atoms with Crippen molar-refractivity contribution in [2.24, 2.45) is 0 Å². The first-order chi connectivity index (χ1) is 19.4. The van der Waals surface area contributed by atoms with E-state index in [-0.39, 0.29) is 17.7 Å². The molecule has 3 aliphatic heterocycles. The third-order valence-corrected chi connectivity index (χ3v) is 8.65. The third kappa shape index (κ3) is 5.06. The molecule has 0 bridgehead atoms. The molecule has 2 fully saturated rings. The number of hydrogen-bond donors (Lipinski definition) is 1. The number of phenols is 1. The number of aromatic hydroxyl groups is 1. The van der Waals surface area contributed by atoms with Gasteiger partial charge in [0, 0.05) is 61.0 Å². The van der Waals surface area contributed by atoms with Crippen molar-refractivity contribution in [1.82, 2.24) is 19.8 Å². The Kier molecular flexibility index (Phi) is 7.23. The minimum absolute atomic E-state index is 0.0325. The molecule has 9 nitrogen and oxygen atoms in total. The van der Waals surface area contributed by atoms with Crippen LogP contribution in [0.1, 0.15) is 31.0 Å². The number of likely N-dealkylation sites (tertiary alicyclic amines) is 1. The van der Waals surface area contributed by atoms with Gasteiger partial charge in [-0.15, -0.1) is 0 Å². The number of nitrogens with zero attached hydrogens (tertiary/aromatic N) is 6. The van der Waals surface area contributed by atoms with Crippen LogP contribution < -0.4 is 14.5 Å². The molecule has 40 heavy (non-hydrogen) atoms. The highest BCUT2D eigenvalue weighted by molar-refractivity contribution is 5.95. The summed E-state index contributed by atoms with van der Waals surface area (Å²) in [4.78, 5) is 31.0. The molecule has 0 radical (unpaired) electrons. The fourth-order valence-electron chi connectivity index (χ4n) is 6.39. The van der Waals surface area contributed by atoms with Gasteiger partial charge in [-0.1, -0.05) is 30.8 Å². The molecule has 4 heterocycles. The summed E-state index contributed by atoms with van der Waals surface area (Å²) in [7, 11) is 2.14. The maximum Gasteiger partial charge on any atom is 0.318 e. The molecule has 2 aromatic carbocycles.